The molecule has 0 spiro atoms. The Bertz CT molecular complexity index is 263. The molecule has 0 radical (unpaired) electrons. The van der Waals surface area contributed by atoms with Gasteiger partial charge in [-0.2, -0.15) is 0 Å². The summed E-state index contributed by atoms with van der Waals surface area (Å²) in [6.07, 6.45) is -0.408. The fourth-order valence-electron chi connectivity index (χ4n) is 1.64. The van der Waals surface area contributed by atoms with Crippen LogP contribution in [0.15, 0.2) is 0 Å². The maximum Gasteiger partial charge on any atom is 0.303 e. The number of ether oxygens (including phenoxy) is 3. The van der Waals surface area contributed by atoms with Gasteiger partial charge in [0.25, 0.3) is 0 Å². The number of rotatable bonds is 5. The molecule has 0 aromatic carbocycles. The van der Waals surface area contributed by atoms with E-state index in [0.29, 0.717) is 19.8 Å². The summed E-state index contributed by atoms with van der Waals surface area (Å²) in [6, 6.07) is 0. The van der Waals surface area contributed by atoms with Gasteiger partial charge in [0, 0.05) is 33.5 Å². The molecule has 1 atom stereocenters. The van der Waals surface area contributed by atoms with E-state index in [2.05, 4.69) is 4.90 Å². The molecule has 0 amide bonds. The number of hydrogen-bond acceptors (Lipinski definition) is 6. The summed E-state index contributed by atoms with van der Waals surface area (Å²) in [5, 5.41) is 0. The van der Waals surface area contributed by atoms with Crippen molar-refractivity contribution in [3.05, 3.63) is 0 Å². The van der Waals surface area contributed by atoms with Gasteiger partial charge in [-0.25, -0.2) is 0 Å². The van der Waals surface area contributed by atoms with E-state index in [1.165, 1.54) is 13.8 Å². The highest BCUT2D eigenvalue weighted by molar-refractivity contribution is 5.67. The Kier molecular flexibility index (Phi) is 5.93. The van der Waals surface area contributed by atoms with Gasteiger partial charge < -0.3 is 14.2 Å². The fourth-order valence-corrected chi connectivity index (χ4v) is 1.64. The van der Waals surface area contributed by atoms with Crippen LogP contribution >= 0.6 is 0 Å². The van der Waals surface area contributed by atoms with Crippen LogP contribution in [-0.2, 0) is 23.8 Å². The minimum absolute atomic E-state index is 0.103. The molecule has 1 aliphatic rings. The van der Waals surface area contributed by atoms with Crippen LogP contribution in [0.2, 0.25) is 0 Å². The second-order valence-corrected chi connectivity index (χ2v) is 3.95. The van der Waals surface area contributed by atoms with Gasteiger partial charge >= 0.3 is 11.9 Å². The van der Waals surface area contributed by atoms with Crippen molar-refractivity contribution in [1.82, 2.24) is 4.90 Å². The van der Waals surface area contributed by atoms with E-state index in [1.807, 2.05) is 0 Å². The molecule has 0 saturated carbocycles. The molecule has 6 nitrogen and oxygen atoms in total. The highest BCUT2D eigenvalue weighted by Gasteiger charge is 2.20. The first-order valence-electron chi connectivity index (χ1n) is 5.68. The zero-order valence-corrected chi connectivity index (χ0v) is 10.3. The Morgan fingerprint density at radius 1 is 1.24 bits per heavy atom. The van der Waals surface area contributed by atoms with Crippen LogP contribution in [-0.4, -0.2) is 62.4 Å². The Labute approximate surface area is 101 Å². The number of carbonyl (C=O) groups excluding carboxylic acids is 2. The summed E-state index contributed by atoms with van der Waals surface area (Å²) in [7, 11) is 0. The van der Waals surface area contributed by atoms with Crippen LogP contribution in [0.5, 0.6) is 0 Å². The van der Waals surface area contributed by atoms with Crippen LogP contribution in [0.4, 0.5) is 0 Å². The normalized spacial score (nSPS) is 18.5. The predicted molar refractivity (Wildman–Crippen MR) is 59.4 cm³/mol. The quantitative estimate of drug-likeness (QED) is 0.626. The lowest BCUT2D eigenvalue weighted by Gasteiger charge is -2.29. The number of hydrogen-bond donors (Lipinski definition) is 0. The molecule has 1 fully saturated rings. The lowest BCUT2D eigenvalue weighted by atomic mass is 10.3. The van der Waals surface area contributed by atoms with Crippen molar-refractivity contribution >= 4 is 11.9 Å². The van der Waals surface area contributed by atoms with Crippen LogP contribution in [0.1, 0.15) is 13.8 Å². The maximum absolute atomic E-state index is 10.9. The van der Waals surface area contributed by atoms with E-state index in [0.717, 1.165) is 13.1 Å². The van der Waals surface area contributed by atoms with Gasteiger partial charge in [0.1, 0.15) is 12.7 Å². The molecule has 1 heterocycles. The minimum atomic E-state index is -0.408. The van der Waals surface area contributed by atoms with Crippen molar-refractivity contribution in [2.24, 2.45) is 0 Å². The van der Waals surface area contributed by atoms with Crippen LogP contribution in [0, 0.1) is 0 Å². The summed E-state index contributed by atoms with van der Waals surface area (Å²) in [4.78, 5) is 23.8. The molecule has 1 rings (SSSR count). The first-order chi connectivity index (χ1) is 8.08. The zero-order valence-electron chi connectivity index (χ0n) is 10.3. The molecule has 0 aliphatic carbocycles. The molecular formula is C11H19NO5. The van der Waals surface area contributed by atoms with Crippen LogP contribution in [0.3, 0.4) is 0 Å². The first-order valence-corrected chi connectivity index (χ1v) is 5.68. The molecule has 0 N–H and O–H groups in total. The van der Waals surface area contributed by atoms with Crippen molar-refractivity contribution in [1.29, 1.82) is 0 Å². The largest absolute Gasteiger partial charge is 0.462 e. The number of nitrogens with zero attached hydrogens (tertiary/aromatic N) is 1. The summed E-state index contributed by atoms with van der Waals surface area (Å²) in [5.41, 5.74) is 0. The Morgan fingerprint density at radius 2 is 1.88 bits per heavy atom. The van der Waals surface area contributed by atoms with Crippen molar-refractivity contribution in [2.45, 2.75) is 20.0 Å². The molecule has 1 saturated heterocycles. The van der Waals surface area contributed by atoms with E-state index in [9.17, 15) is 9.59 Å². The predicted octanol–water partition coefficient (Wildman–Crippen LogP) is -0.187. The van der Waals surface area contributed by atoms with Gasteiger partial charge in [-0.05, 0) is 0 Å². The fraction of sp³-hybridized carbons (Fsp3) is 0.818. The van der Waals surface area contributed by atoms with Crippen molar-refractivity contribution < 1.29 is 23.8 Å². The third kappa shape index (κ3) is 6.23. The van der Waals surface area contributed by atoms with Crippen molar-refractivity contribution in [3.63, 3.8) is 0 Å². The number of morpholine rings is 1. The topological polar surface area (TPSA) is 65.1 Å². The summed E-state index contributed by atoms with van der Waals surface area (Å²) in [6.45, 7) is 6.32. The van der Waals surface area contributed by atoms with Gasteiger partial charge in [0.2, 0.25) is 0 Å². The number of carbonyl (C=O) groups is 2. The second-order valence-electron chi connectivity index (χ2n) is 3.95. The standard InChI is InChI=1S/C11H19NO5/c1-9(13)16-8-11(17-10(2)14)7-12-3-5-15-6-4-12/h11H,3-8H2,1-2H3. The second kappa shape index (κ2) is 7.24. The molecule has 17 heavy (non-hydrogen) atoms. The monoisotopic (exact) mass is 245 g/mol. The Balaban J connectivity index is 2.37. The molecule has 1 aliphatic heterocycles. The SMILES string of the molecule is CC(=O)OCC(CN1CCOCC1)OC(C)=O. The van der Waals surface area contributed by atoms with Gasteiger partial charge in [0.15, 0.2) is 0 Å². The lowest BCUT2D eigenvalue weighted by Crippen LogP contribution is -2.43. The van der Waals surface area contributed by atoms with Crippen LogP contribution < -0.4 is 0 Å². The molecule has 0 aromatic heterocycles. The summed E-state index contributed by atoms with van der Waals surface area (Å²) >= 11 is 0. The summed E-state index contributed by atoms with van der Waals surface area (Å²) < 4.78 is 15.2. The summed E-state index contributed by atoms with van der Waals surface area (Å²) in [5.74, 6) is -0.737. The van der Waals surface area contributed by atoms with Crippen LogP contribution in [0.25, 0.3) is 0 Å². The van der Waals surface area contributed by atoms with Crippen molar-refractivity contribution in [2.75, 3.05) is 39.5 Å². The van der Waals surface area contributed by atoms with Gasteiger partial charge in [0.05, 0.1) is 13.2 Å². The lowest BCUT2D eigenvalue weighted by molar-refractivity contribution is -0.157. The highest BCUT2D eigenvalue weighted by Crippen LogP contribution is 2.03. The molecule has 1 unspecified atom stereocenters. The average Bonchev–Trinajstić information content (AvgIpc) is 2.26. The minimum Gasteiger partial charge on any atom is -0.462 e. The van der Waals surface area contributed by atoms with Gasteiger partial charge in [-0.3, -0.25) is 14.5 Å². The van der Waals surface area contributed by atoms with E-state index >= 15 is 0 Å². The van der Waals surface area contributed by atoms with Crippen molar-refractivity contribution in [3.8, 4) is 0 Å². The molecule has 98 valence electrons. The highest BCUT2D eigenvalue weighted by atomic mass is 16.6. The van der Waals surface area contributed by atoms with Gasteiger partial charge in [-0.1, -0.05) is 0 Å². The Hall–Kier alpha value is -1.14. The molecular weight excluding hydrogens is 226 g/mol. The van der Waals surface area contributed by atoms with E-state index in [4.69, 9.17) is 14.2 Å². The molecule has 6 heteroatoms. The average molecular weight is 245 g/mol. The van der Waals surface area contributed by atoms with E-state index < -0.39 is 6.10 Å². The number of esters is 2. The third-order valence-electron chi connectivity index (χ3n) is 2.37. The maximum atomic E-state index is 10.9. The molecule has 0 bridgehead atoms. The third-order valence-corrected chi connectivity index (χ3v) is 2.37. The smallest absolute Gasteiger partial charge is 0.303 e. The van der Waals surface area contributed by atoms with E-state index in [-0.39, 0.29) is 18.5 Å². The molecule has 0 aromatic rings. The Morgan fingerprint density at radius 3 is 2.41 bits per heavy atom. The van der Waals surface area contributed by atoms with Gasteiger partial charge in [-0.15, -0.1) is 0 Å². The van der Waals surface area contributed by atoms with E-state index in [1.54, 1.807) is 0 Å². The first kappa shape index (κ1) is 13.9. The zero-order chi connectivity index (χ0) is 12.7.